The van der Waals surface area contributed by atoms with Crippen LogP contribution >= 0.6 is 11.3 Å². The van der Waals surface area contributed by atoms with Crippen molar-refractivity contribution in [3.05, 3.63) is 58.6 Å². The van der Waals surface area contributed by atoms with Gasteiger partial charge in [-0.15, -0.1) is 11.3 Å². The number of aryl methyl sites for hydroxylation is 2. The smallest absolute Gasteiger partial charge is 0.267 e. The second-order valence-electron chi connectivity index (χ2n) is 4.67. The van der Waals surface area contributed by atoms with Crippen LogP contribution in [-0.2, 0) is 0 Å². The number of thiophene rings is 1. The number of aromatic nitrogens is 1. The normalized spacial score (nSPS) is 10.7. The summed E-state index contributed by atoms with van der Waals surface area (Å²) in [6.45, 7) is 3.89. The monoisotopic (exact) mass is 282 g/mol. The maximum atomic E-state index is 12.4. The number of nitrogens with one attached hydrogen (secondary N) is 1. The fraction of sp³-hybridized carbons (Fsp3) is 0.125. The summed E-state index contributed by atoms with van der Waals surface area (Å²) < 4.78 is 1.13. The van der Waals surface area contributed by atoms with Gasteiger partial charge in [-0.25, -0.2) is 4.98 Å². The van der Waals surface area contributed by atoms with Gasteiger partial charge in [0, 0.05) is 10.4 Å². The van der Waals surface area contributed by atoms with Gasteiger partial charge in [0.05, 0.1) is 4.88 Å². The first-order chi connectivity index (χ1) is 9.65. The van der Waals surface area contributed by atoms with Crippen LogP contribution in [0.5, 0.6) is 0 Å². The van der Waals surface area contributed by atoms with E-state index in [2.05, 4.69) is 10.3 Å². The summed E-state index contributed by atoms with van der Waals surface area (Å²) in [5.74, 6) is 0.494. The predicted octanol–water partition coefficient (Wildman–Crippen LogP) is 4.17. The van der Waals surface area contributed by atoms with Gasteiger partial charge in [0.15, 0.2) is 0 Å². The fourth-order valence-corrected chi connectivity index (χ4v) is 3.28. The lowest BCUT2D eigenvalue weighted by Crippen LogP contribution is -2.12. The van der Waals surface area contributed by atoms with E-state index in [9.17, 15) is 4.79 Å². The molecule has 0 saturated carbocycles. The molecule has 0 aliphatic carbocycles. The predicted molar refractivity (Wildman–Crippen MR) is 83.5 cm³/mol. The average molecular weight is 282 g/mol. The molecular weight excluding hydrogens is 268 g/mol. The van der Waals surface area contributed by atoms with E-state index in [0.29, 0.717) is 5.82 Å². The quantitative estimate of drug-likeness (QED) is 0.766. The Kier molecular flexibility index (Phi) is 3.24. The Morgan fingerprint density at radius 3 is 2.65 bits per heavy atom. The van der Waals surface area contributed by atoms with Crippen LogP contribution in [0.15, 0.2) is 42.5 Å². The number of carbonyl (C=O) groups is 1. The minimum atomic E-state index is -0.0956. The number of rotatable bonds is 2. The number of fused-ring (bicyclic) bond motifs is 1. The van der Waals surface area contributed by atoms with E-state index < -0.39 is 0 Å². The van der Waals surface area contributed by atoms with Crippen LogP contribution in [0, 0.1) is 13.8 Å². The minimum Gasteiger partial charge on any atom is -0.306 e. The Morgan fingerprint density at radius 1 is 1.10 bits per heavy atom. The van der Waals surface area contributed by atoms with Crippen molar-refractivity contribution in [2.75, 3.05) is 5.32 Å². The van der Waals surface area contributed by atoms with E-state index in [4.69, 9.17) is 0 Å². The Balaban J connectivity index is 1.95. The Hall–Kier alpha value is -2.20. The van der Waals surface area contributed by atoms with Crippen molar-refractivity contribution in [1.29, 1.82) is 0 Å². The van der Waals surface area contributed by atoms with Crippen molar-refractivity contribution in [3.8, 4) is 0 Å². The molecule has 1 N–H and O–H groups in total. The highest BCUT2D eigenvalue weighted by molar-refractivity contribution is 7.21. The van der Waals surface area contributed by atoms with Crippen molar-refractivity contribution >= 4 is 33.1 Å². The lowest BCUT2D eigenvalue weighted by molar-refractivity contribution is 0.102. The molecule has 100 valence electrons. The van der Waals surface area contributed by atoms with Gasteiger partial charge in [0.25, 0.3) is 5.91 Å². The summed E-state index contributed by atoms with van der Waals surface area (Å²) in [5.41, 5.74) is 1.91. The van der Waals surface area contributed by atoms with Gasteiger partial charge in [-0.3, -0.25) is 4.79 Å². The summed E-state index contributed by atoms with van der Waals surface area (Å²) in [5, 5.41) is 4.00. The molecule has 1 aromatic carbocycles. The molecule has 0 saturated heterocycles. The molecular formula is C16H14N2OS. The van der Waals surface area contributed by atoms with Crippen LogP contribution in [0.2, 0.25) is 0 Å². The maximum Gasteiger partial charge on any atom is 0.267 e. The third-order valence-corrected chi connectivity index (χ3v) is 4.45. The molecule has 0 bridgehead atoms. The van der Waals surface area contributed by atoms with Crippen LogP contribution in [0.4, 0.5) is 5.82 Å². The van der Waals surface area contributed by atoms with E-state index in [0.717, 1.165) is 26.2 Å². The highest BCUT2D eigenvalue weighted by atomic mass is 32.1. The first-order valence-electron chi connectivity index (χ1n) is 6.38. The molecule has 0 spiro atoms. The number of anilines is 1. The van der Waals surface area contributed by atoms with Gasteiger partial charge < -0.3 is 5.32 Å². The zero-order valence-corrected chi connectivity index (χ0v) is 12.1. The van der Waals surface area contributed by atoms with Gasteiger partial charge in [0.2, 0.25) is 0 Å². The van der Waals surface area contributed by atoms with Crippen molar-refractivity contribution < 1.29 is 4.79 Å². The lowest BCUT2D eigenvalue weighted by atomic mass is 10.1. The lowest BCUT2D eigenvalue weighted by Gasteiger charge is -2.04. The van der Waals surface area contributed by atoms with E-state index >= 15 is 0 Å². The number of amides is 1. The summed E-state index contributed by atoms with van der Waals surface area (Å²) >= 11 is 1.52. The van der Waals surface area contributed by atoms with Gasteiger partial charge in [-0.1, -0.05) is 24.3 Å². The largest absolute Gasteiger partial charge is 0.306 e. The van der Waals surface area contributed by atoms with Crippen LogP contribution in [0.25, 0.3) is 10.1 Å². The van der Waals surface area contributed by atoms with E-state index in [1.807, 2.05) is 50.2 Å². The molecule has 3 nitrogen and oxygen atoms in total. The number of nitrogens with zero attached hydrogens (tertiary/aromatic N) is 1. The third-order valence-electron chi connectivity index (χ3n) is 3.18. The second-order valence-corrected chi connectivity index (χ2v) is 5.72. The van der Waals surface area contributed by atoms with Crippen LogP contribution in [-0.4, -0.2) is 10.9 Å². The molecule has 0 unspecified atom stereocenters. The number of hydrogen-bond donors (Lipinski definition) is 1. The van der Waals surface area contributed by atoms with Crippen LogP contribution < -0.4 is 5.32 Å². The van der Waals surface area contributed by atoms with Crippen molar-refractivity contribution in [1.82, 2.24) is 4.98 Å². The number of benzene rings is 1. The number of carbonyl (C=O) groups excluding carboxylic acids is 1. The van der Waals surface area contributed by atoms with Crippen molar-refractivity contribution in [3.63, 3.8) is 0 Å². The zero-order valence-electron chi connectivity index (χ0n) is 11.3. The van der Waals surface area contributed by atoms with Crippen LogP contribution in [0.3, 0.4) is 0 Å². The standard InChI is InChI=1S/C16H14N2OS/c1-10-6-5-9-14(17-10)18-16(19)15-11(2)12-7-3-4-8-13(12)20-15/h3-9H,1-2H3,(H,17,18,19). The Morgan fingerprint density at radius 2 is 1.90 bits per heavy atom. The van der Waals surface area contributed by atoms with Gasteiger partial charge >= 0.3 is 0 Å². The second kappa shape index (κ2) is 5.06. The van der Waals surface area contributed by atoms with E-state index in [1.54, 1.807) is 6.07 Å². The van der Waals surface area contributed by atoms with Crippen LogP contribution in [0.1, 0.15) is 20.9 Å². The molecule has 0 radical (unpaired) electrons. The molecule has 1 amide bonds. The van der Waals surface area contributed by atoms with Gasteiger partial charge in [0.1, 0.15) is 5.82 Å². The summed E-state index contributed by atoms with van der Waals surface area (Å²) in [7, 11) is 0. The molecule has 20 heavy (non-hydrogen) atoms. The molecule has 4 heteroatoms. The Bertz CT molecular complexity index is 792. The molecule has 0 atom stereocenters. The summed E-state index contributed by atoms with van der Waals surface area (Å²) in [6.07, 6.45) is 0. The molecule has 2 aromatic heterocycles. The number of pyridine rings is 1. The highest BCUT2D eigenvalue weighted by Gasteiger charge is 2.15. The topological polar surface area (TPSA) is 42.0 Å². The average Bonchev–Trinajstić information content (AvgIpc) is 2.77. The molecule has 2 heterocycles. The SMILES string of the molecule is Cc1cccc(NC(=O)c2sc3ccccc3c2C)n1. The maximum absolute atomic E-state index is 12.4. The highest BCUT2D eigenvalue weighted by Crippen LogP contribution is 2.30. The van der Waals surface area contributed by atoms with Crippen molar-refractivity contribution in [2.45, 2.75) is 13.8 Å². The first kappa shape index (κ1) is 12.8. The molecule has 3 aromatic rings. The summed E-state index contributed by atoms with van der Waals surface area (Å²) in [6, 6.07) is 13.6. The third kappa shape index (κ3) is 2.30. The molecule has 3 rings (SSSR count). The van der Waals surface area contributed by atoms with Gasteiger partial charge in [-0.05, 0) is 43.0 Å². The summed E-state index contributed by atoms with van der Waals surface area (Å²) in [4.78, 5) is 17.4. The van der Waals surface area contributed by atoms with Crippen molar-refractivity contribution in [2.24, 2.45) is 0 Å². The molecule has 0 aliphatic heterocycles. The fourth-order valence-electron chi connectivity index (χ4n) is 2.18. The minimum absolute atomic E-state index is 0.0956. The van der Waals surface area contributed by atoms with E-state index in [1.165, 1.54) is 11.3 Å². The first-order valence-corrected chi connectivity index (χ1v) is 7.20. The Labute approximate surface area is 121 Å². The zero-order chi connectivity index (χ0) is 14.1. The van der Waals surface area contributed by atoms with E-state index in [-0.39, 0.29) is 5.91 Å². The number of hydrogen-bond acceptors (Lipinski definition) is 3. The van der Waals surface area contributed by atoms with Gasteiger partial charge in [-0.2, -0.15) is 0 Å². The molecule has 0 fully saturated rings. The molecule has 0 aliphatic rings.